The third kappa shape index (κ3) is 3.20. The Balaban J connectivity index is 1.63. The molecule has 1 heteroatoms. The summed E-state index contributed by atoms with van der Waals surface area (Å²) in [6, 6.07) is 0. The van der Waals surface area contributed by atoms with Crippen molar-refractivity contribution >= 4 is 0 Å². The Bertz CT molecular complexity index is 727. The van der Waals surface area contributed by atoms with Gasteiger partial charge in [0, 0.05) is 0 Å². The molecule has 170 valence electrons. The molecule has 1 N–H and O–H groups in total. The van der Waals surface area contributed by atoms with Crippen molar-refractivity contribution in [2.75, 3.05) is 0 Å². The van der Waals surface area contributed by atoms with Gasteiger partial charge in [-0.3, -0.25) is 0 Å². The van der Waals surface area contributed by atoms with Gasteiger partial charge in [0.05, 0.1) is 6.10 Å². The van der Waals surface area contributed by atoms with Crippen molar-refractivity contribution in [3.05, 3.63) is 22.8 Å². The molecule has 4 rings (SSSR count). The Kier molecular flexibility index (Phi) is 5.87. The molecule has 0 aromatic carbocycles. The number of aliphatic hydroxyl groups is 1. The first-order chi connectivity index (χ1) is 14.0. The minimum absolute atomic E-state index is 0.0767. The zero-order valence-corrected chi connectivity index (χ0v) is 21.0. The fraction of sp³-hybridized carbons (Fsp3) is 0.862. The zero-order chi connectivity index (χ0) is 21.9. The van der Waals surface area contributed by atoms with Crippen LogP contribution in [0.4, 0.5) is 0 Å². The summed E-state index contributed by atoms with van der Waals surface area (Å²) in [5.41, 5.74) is 6.44. The van der Waals surface area contributed by atoms with Crippen LogP contribution in [0.25, 0.3) is 0 Å². The predicted molar refractivity (Wildman–Crippen MR) is 128 cm³/mol. The lowest BCUT2D eigenvalue weighted by Crippen LogP contribution is -2.51. The van der Waals surface area contributed by atoms with Crippen molar-refractivity contribution in [3.63, 3.8) is 0 Å². The molecule has 0 aliphatic heterocycles. The van der Waals surface area contributed by atoms with Gasteiger partial charge < -0.3 is 5.11 Å². The van der Waals surface area contributed by atoms with Gasteiger partial charge in [0.25, 0.3) is 0 Å². The molecule has 0 amide bonds. The molecule has 8 atom stereocenters. The first-order valence-electron chi connectivity index (χ1n) is 13.1. The molecule has 30 heavy (non-hydrogen) atoms. The van der Waals surface area contributed by atoms with Crippen LogP contribution in [0.1, 0.15) is 113 Å². The van der Waals surface area contributed by atoms with E-state index in [0.29, 0.717) is 28.1 Å². The lowest BCUT2D eigenvalue weighted by molar-refractivity contribution is -0.0412. The van der Waals surface area contributed by atoms with Gasteiger partial charge in [-0.2, -0.15) is 0 Å². The molecule has 2 unspecified atom stereocenters. The van der Waals surface area contributed by atoms with Crippen LogP contribution in [0, 0.1) is 39.9 Å². The molecule has 0 spiro atoms. The molecule has 0 aromatic rings. The predicted octanol–water partition coefficient (Wildman–Crippen LogP) is 8.09. The second kappa shape index (κ2) is 7.79. The largest absolute Gasteiger partial charge is 0.393 e. The molecule has 2 saturated carbocycles. The Labute approximate surface area is 186 Å². The second-order valence-corrected chi connectivity index (χ2v) is 12.7. The molecular weight excluding hydrogens is 364 g/mol. The normalized spacial score (nSPS) is 46.7. The number of fused-ring (bicyclic) bond motifs is 4. The van der Waals surface area contributed by atoms with Crippen molar-refractivity contribution in [1.29, 1.82) is 0 Å². The standard InChI is InChI=1S/C29H48O/c1-19(2)9-8-10-20(3)22-13-17-29(7)25-12-11-23-21(4)26(30)15-16-27(23,5)24(25)14-18-28(22,29)6/h9,20-23,26,30H,8,10-18H2,1-7H3/t20-,21+,22?,23?,26+,27+,28-,29+/m1/s1. The van der Waals surface area contributed by atoms with Gasteiger partial charge in [0.2, 0.25) is 0 Å². The highest BCUT2D eigenvalue weighted by Crippen LogP contribution is 2.71. The fourth-order valence-electron chi connectivity index (χ4n) is 9.09. The van der Waals surface area contributed by atoms with Crippen LogP contribution in [-0.2, 0) is 0 Å². The first kappa shape index (κ1) is 22.6. The average molecular weight is 413 g/mol. The number of hydrogen-bond acceptors (Lipinski definition) is 1. The van der Waals surface area contributed by atoms with E-state index in [0.717, 1.165) is 18.3 Å². The van der Waals surface area contributed by atoms with Crippen LogP contribution >= 0.6 is 0 Å². The lowest BCUT2D eigenvalue weighted by Gasteiger charge is -2.60. The Morgan fingerprint density at radius 2 is 1.77 bits per heavy atom. The smallest absolute Gasteiger partial charge is 0.0569 e. The Morgan fingerprint density at radius 3 is 2.47 bits per heavy atom. The van der Waals surface area contributed by atoms with Crippen LogP contribution in [0.2, 0.25) is 0 Å². The number of hydrogen-bond donors (Lipinski definition) is 1. The summed E-state index contributed by atoms with van der Waals surface area (Å²) in [6.45, 7) is 17.3. The van der Waals surface area contributed by atoms with Gasteiger partial charge in [0.1, 0.15) is 0 Å². The Morgan fingerprint density at radius 1 is 1.03 bits per heavy atom. The van der Waals surface area contributed by atoms with E-state index in [1.165, 1.54) is 63.4 Å². The fourth-order valence-corrected chi connectivity index (χ4v) is 9.09. The molecule has 2 fully saturated rings. The van der Waals surface area contributed by atoms with Crippen molar-refractivity contribution < 1.29 is 5.11 Å². The van der Waals surface area contributed by atoms with E-state index in [1.54, 1.807) is 0 Å². The highest BCUT2D eigenvalue weighted by atomic mass is 16.3. The summed E-state index contributed by atoms with van der Waals surface area (Å²) in [6.07, 6.45) is 15.3. The first-order valence-corrected chi connectivity index (χ1v) is 13.1. The maximum absolute atomic E-state index is 10.5. The lowest BCUT2D eigenvalue weighted by atomic mass is 9.45. The highest BCUT2D eigenvalue weighted by Gasteiger charge is 2.62. The van der Waals surface area contributed by atoms with Gasteiger partial charge in [-0.1, -0.05) is 57.4 Å². The molecule has 4 aliphatic carbocycles. The van der Waals surface area contributed by atoms with Crippen LogP contribution in [0.3, 0.4) is 0 Å². The molecule has 0 bridgehead atoms. The maximum atomic E-state index is 10.5. The molecule has 0 aromatic heterocycles. The quantitative estimate of drug-likeness (QED) is 0.462. The molecule has 1 nitrogen and oxygen atoms in total. The van der Waals surface area contributed by atoms with Gasteiger partial charge in [0.15, 0.2) is 0 Å². The summed E-state index contributed by atoms with van der Waals surface area (Å²) < 4.78 is 0. The molecule has 0 heterocycles. The summed E-state index contributed by atoms with van der Waals surface area (Å²) in [4.78, 5) is 0. The highest BCUT2D eigenvalue weighted by molar-refractivity contribution is 5.38. The van der Waals surface area contributed by atoms with Crippen LogP contribution < -0.4 is 0 Å². The van der Waals surface area contributed by atoms with E-state index >= 15 is 0 Å². The van der Waals surface area contributed by atoms with E-state index in [1.807, 2.05) is 11.1 Å². The third-order valence-electron chi connectivity index (χ3n) is 11.2. The minimum Gasteiger partial charge on any atom is -0.393 e. The molecular formula is C29H48O. The van der Waals surface area contributed by atoms with E-state index in [2.05, 4.69) is 54.5 Å². The number of allylic oxidation sites excluding steroid dienone is 4. The van der Waals surface area contributed by atoms with Crippen molar-refractivity contribution in [3.8, 4) is 0 Å². The van der Waals surface area contributed by atoms with Gasteiger partial charge in [-0.15, -0.1) is 0 Å². The Hall–Kier alpha value is -0.560. The molecule has 4 aliphatic rings. The maximum Gasteiger partial charge on any atom is 0.0569 e. The second-order valence-electron chi connectivity index (χ2n) is 12.7. The van der Waals surface area contributed by atoms with Crippen molar-refractivity contribution in [1.82, 2.24) is 0 Å². The number of rotatable bonds is 4. The summed E-state index contributed by atoms with van der Waals surface area (Å²) in [5.74, 6) is 2.85. The van der Waals surface area contributed by atoms with Crippen LogP contribution in [-0.4, -0.2) is 11.2 Å². The SMILES string of the molecule is CC(C)=CCC[C@@H](C)C1CC[C@@]2(C)C3=C(CC[C@]12C)[C@@]1(C)CC[C@H](O)[C@@H](C)C1CC3. The van der Waals surface area contributed by atoms with Crippen molar-refractivity contribution in [2.45, 2.75) is 119 Å². The monoisotopic (exact) mass is 412 g/mol. The number of aliphatic hydroxyl groups excluding tert-OH is 1. The average Bonchev–Trinajstić information content (AvgIpc) is 2.96. The van der Waals surface area contributed by atoms with E-state index in [4.69, 9.17) is 0 Å². The van der Waals surface area contributed by atoms with Crippen LogP contribution in [0.5, 0.6) is 0 Å². The summed E-state index contributed by atoms with van der Waals surface area (Å²) in [5, 5.41) is 10.5. The van der Waals surface area contributed by atoms with Gasteiger partial charge >= 0.3 is 0 Å². The third-order valence-corrected chi connectivity index (χ3v) is 11.2. The summed E-state index contributed by atoms with van der Waals surface area (Å²) >= 11 is 0. The molecule has 0 radical (unpaired) electrons. The minimum atomic E-state index is -0.0767. The zero-order valence-electron chi connectivity index (χ0n) is 21.0. The van der Waals surface area contributed by atoms with E-state index in [9.17, 15) is 5.11 Å². The van der Waals surface area contributed by atoms with Crippen molar-refractivity contribution in [2.24, 2.45) is 39.9 Å². The van der Waals surface area contributed by atoms with Crippen LogP contribution in [0.15, 0.2) is 22.8 Å². The van der Waals surface area contributed by atoms with E-state index in [-0.39, 0.29) is 6.10 Å². The van der Waals surface area contributed by atoms with Gasteiger partial charge in [-0.25, -0.2) is 0 Å². The van der Waals surface area contributed by atoms with E-state index < -0.39 is 0 Å². The topological polar surface area (TPSA) is 20.2 Å². The van der Waals surface area contributed by atoms with Gasteiger partial charge in [-0.05, 0) is 118 Å². The molecule has 0 saturated heterocycles. The summed E-state index contributed by atoms with van der Waals surface area (Å²) in [7, 11) is 0.